The predicted molar refractivity (Wildman–Crippen MR) is 75.9 cm³/mol. The first-order chi connectivity index (χ1) is 8.52. The lowest BCUT2D eigenvalue weighted by Gasteiger charge is -2.06. The Bertz CT molecular complexity index is 424. The fourth-order valence-electron chi connectivity index (χ4n) is 1.54. The number of amides is 1. The van der Waals surface area contributed by atoms with Crippen molar-refractivity contribution in [3.8, 4) is 0 Å². The molecule has 0 unspecified atom stereocenters. The van der Waals surface area contributed by atoms with Crippen molar-refractivity contribution < 1.29 is 4.79 Å². The lowest BCUT2D eigenvalue weighted by Crippen LogP contribution is -2.21. The van der Waals surface area contributed by atoms with Crippen molar-refractivity contribution in [1.82, 2.24) is 5.43 Å². The first kappa shape index (κ1) is 14.7. The van der Waals surface area contributed by atoms with Crippen LogP contribution in [0.1, 0.15) is 39.2 Å². The molecule has 0 atom stereocenters. The standard InChI is InChI=1S/C14H19ClN2O/c1-4-13(11-5-7-12(15)8-6-11)16-17-14(18)9-10(2)3/h5-8,10H,4,9H2,1-3H3,(H,17,18). The van der Waals surface area contributed by atoms with E-state index in [0.717, 1.165) is 17.7 Å². The third-order valence-electron chi connectivity index (χ3n) is 2.42. The Morgan fingerprint density at radius 2 is 1.94 bits per heavy atom. The molecule has 1 amide bonds. The summed E-state index contributed by atoms with van der Waals surface area (Å²) in [6.45, 7) is 6.01. The number of rotatable bonds is 5. The van der Waals surface area contributed by atoms with Gasteiger partial charge >= 0.3 is 0 Å². The molecule has 0 saturated carbocycles. The van der Waals surface area contributed by atoms with Crippen LogP contribution in [0.15, 0.2) is 29.4 Å². The summed E-state index contributed by atoms with van der Waals surface area (Å²) in [5, 5.41) is 4.86. The molecule has 4 heteroatoms. The maximum absolute atomic E-state index is 11.5. The maximum Gasteiger partial charge on any atom is 0.240 e. The Morgan fingerprint density at radius 1 is 1.33 bits per heavy atom. The largest absolute Gasteiger partial charge is 0.273 e. The van der Waals surface area contributed by atoms with Gasteiger partial charge < -0.3 is 0 Å². The molecule has 1 N–H and O–H groups in total. The second kappa shape index (κ2) is 7.17. The van der Waals surface area contributed by atoms with Gasteiger partial charge in [-0.2, -0.15) is 5.10 Å². The second-order valence-electron chi connectivity index (χ2n) is 4.55. The minimum Gasteiger partial charge on any atom is -0.273 e. The van der Waals surface area contributed by atoms with E-state index in [0.29, 0.717) is 17.4 Å². The summed E-state index contributed by atoms with van der Waals surface area (Å²) in [4.78, 5) is 11.5. The normalized spacial score (nSPS) is 11.7. The highest BCUT2D eigenvalue weighted by molar-refractivity contribution is 6.30. The lowest BCUT2D eigenvalue weighted by molar-refractivity contribution is -0.121. The number of nitrogens with one attached hydrogen (secondary N) is 1. The van der Waals surface area contributed by atoms with E-state index in [1.54, 1.807) is 0 Å². The van der Waals surface area contributed by atoms with Gasteiger partial charge in [0.2, 0.25) is 5.91 Å². The smallest absolute Gasteiger partial charge is 0.240 e. The van der Waals surface area contributed by atoms with Gasteiger partial charge in [0, 0.05) is 11.4 Å². The zero-order valence-corrected chi connectivity index (χ0v) is 11.8. The SMILES string of the molecule is CCC(=NNC(=O)CC(C)C)c1ccc(Cl)cc1. The van der Waals surface area contributed by atoms with Gasteiger partial charge in [0.05, 0.1) is 5.71 Å². The topological polar surface area (TPSA) is 41.5 Å². The summed E-state index contributed by atoms with van der Waals surface area (Å²) >= 11 is 5.83. The van der Waals surface area contributed by atoms with E-state index in [-0.39, 0.29) is 5.91 Å². The molecular formula is C14H19ClN2O. The van der Waals surface area contributed by atoms with Gasteiger partial charge in [-0.15, -0.1) is 0 Å². The summed E-state index contributed by atoms with van der Waals surface area (Å²) in [5.74, 6) is 0.283. The molecule has 0 heterocycles. The maximum atomic E-state index is 11.5. The van der Waals surface area contributed by atoms with Gasteiger partial charge in [-0.05, 0) is 30.0 Å². The average molecular weight is 267 g/mol. The van der Waals surface area contributed by atoms with Crippen molar-refractivity contribution >= 4 is 23.2 Å². The zero-order chi connectivity index (χ0) is 13.5. The van der Waals surface area contributed by atoms with Crippen LogP contribution in [0.25, 0.3) is 0 Å². The van der Waals surface area contributed by atoms with Crippen LogP contribution in [-0.4, -0.2) is 11.6 Å². The van der Waals surface area contributed by atoms with Crippen molar-refractivity contribution in [1.29, 1.82) is 0 Å². The number of carbonyl (C=O) groups is 1. The van der Waals surface area contributed by atoms with Crippen molar-refractivity contribution in [2.45, 2.75) is 33.6 Å². The highest BCUT2D eigenvalue weighted by atomic mass is 35.5. The predicted octanol–water partition coefficient (Wildman–Crippen LogP) is 3.62. The first-order valence-electron chi connectivity index (χ1n) is 6.14. The molecule has 0 aliphatic heterocycles. The van der Waals surface area contributed by atoms with E-state index in [2.05, 4.69) is 10.5 Å². The van der Waals surface area contributed by atoms with E-state index >= 15 is 0 Å². The van der Waals surface area contributed by atoms with Gasteiger partial charge in [-0.25, -0.2) is 5.43 Å². The van der Waals surface area contributed by atoms with Gasteiger partial charge in [0.15, 0.2) is 0 Å². The van der Waals surface area contributed by atoms with Crippen LogP contribution in [0.5, 0.6) is 0 Å². The van der Waals surface area contributed by atoms with Gasteiger partial charge in [0.1, 0.15) is 0 Å². The van der Waals surface area contributed by atoms with Crippen LogP contribution < -0.4 is 5.43 Å². The van der Waals surface area contributed by atoms with E-state index in [4.69, 9.17) is 11.6 Å². The monoisotopic (exact) mass is 266 g/mol. The molecule has 0 spiro atoms. The molecule has 18 heavy (non-hydrogen) atoms. The number of carbonyl (C=O) groups excluding carboxylic acids is 1. The van der Waals surface area contributed by atoms with Crippen LogP contribution in [0.2, 0.25) is 5.02 Å². The zero-order valence-electron chi connectivity index (χ0n) is 11.0. The number of nitrogens with zero attached hydrogens (tertiary/aromatic N) is 1. The average Bonchev–Trinajstić information content (AvgIpc) is 2.31. The number of hydrogen-bond donors (Lipinski definition) is 1. The number of hydrogen-bond acceptors (Lipinski definition) is 2. The molecule has 0 radical (unpaired) electrons. The molecule has 1 aromatic rings. The van der Waals surface area contributed by atoms with Crippen LogP contribution >= 0.6 is 11.6 Å². The Labute approximate surface area is 113 Å². The molecule has 0 aliphatic rings. The molecule has 98 valence electrons. The van der Waals surface area contributed by atoms with Crippen molar-refractivity contribution in [2.24, 2.45) is 11.0 Å². The second-order valence-corrected chi connectivity index (χ2v) is 4.99. The van der Waals surface area contributed by atoms with Crippen molar-refractivity contribution in [3.63, 3.8) is 0 Å². The molecule has 1 aromatic carbocycles. The summed E-state index contributed by atoms with van der Waals surface area (Å²) in [5.41, 5.74) is 4.42. The molecule has 0 saturated heterocycles. The quantitative estimate of drug-likeness (QED) is 0.642. The lowest BCUT2D eigenvalue weighted by atomic mass is 10.1. The Kier molecular flexibility index (Phi) is 5.86. The van der Waals surface area contributed by atoms with E-state index in [1.165, 1.54) is 0 Å². The number of benzene rings is 1. The fraction of sp³-hybridized carbons (Fsp3) is 0.429. The molecule has 0 bridgehead atoms. The molecular weight excluding hydrogens is 248 g/mol. The Morgan fingerprint density at radius 3 is 2.44 bits per heavy atom. The number of hydrazone groups is 1. The van der Waals surface area contributed by atoms with Gasteiger partial charge in [-0.3, -0.25) is 4.79 Å². The number of halogens is 1. The minimum atomic E-state index is -0.0510. The third-order valence-corrected chi connectivity index (χ3v) is 2.67. The highest BCUT2D eigenvalue weighted by Crippen LogP contribution is 2.11. The molecule has 0 aromatic heterocycles. The van der Waals surface area contributed by atoms with Crippen LogP contribution in [0, 0.1) is 5.92 Å². The first-order valence-corrected chi connectivity index (χ1v) is 6.52. The van der Waals surface area contributed by atoms with Crippen LogP contribution in [-0.2, 0) is 4.79 Å². The van der Waals surface area contributed by atoms with Gasteiger partial charge in [0.25, 0.3) is 0 Å². The molecule has 3 nitrogen and oxygen atoms in total. The molecule has 0 aliphatic carbocycles. The van der Waals surface area contributed by atoms with E-state index in [1.807, 2.05) is 45.0 Å². The summed E-state index contributed by atoms with van der Waals surface area (Å²) in [6, 6.07) is 7.44. The van der Waals surface area contributed by atoms with Crippen LogP contribution in [0.3, 0.4) is 0 Å². The Balaban J connectivity index is 2.71. The fourth-order valence-corrected chi connectivity index (χ4v) is 1.66. The third kappa shape index (κ3) is 4.88. The Hall–Kier alpha value is -1.35. The van der Waals surface area contributed by atoms with E-state index in [9.17, 15) is 4.79 Å². The van der Waals surface area contributed by atoms with Crippen molar-refractivity contribution in [3.05, 3.63) is 34.9 Å². The van der Waals surface area contributed by atoms with Gasteiger partial charge in [-0.1, -0.05) is 44.5 Å². The molecule has 0 fully saturated rings. The highest BCUT2D eigenvalue weighted by Gasteiger charge is 2.05. The van der Waals surface area contributed by atoms with E-state index < -0.39 is 0 Å². The summed E-state index contributed by atoms with van der Waals surface area (Å²) in [7, 11) is 0. The van der Waals surface area contributed by atoms with Crippen molar-refractivity contribution in [2.75, 3.05) is 0 Å². The summed E-state index contributed by atoms with van der Waals surface area (Å²) in [6.07, 6.45) is 1.24. The van der Waals surface area contributed by atoms with Crippen LogP contribution in [0.4, 0.5) is 0 Å². The molecule has 1 rings (SSSR count). The minimum absolute atomic E-state index is 0.0510. The summed E-state index contributed by atoms with van der Waals surface area (Å²) < 4.78 is 0.